The molecule has 4 rings (SSSR count). The van der Waals surface area contributed by atoms with E-state index in [0.717, 1.165) is 16.7 Å². The van der Waals surface area contributed by atoms with Crippen LogP contribution in [0, 0.1) is 0 Å². The zero-order valence-corrected chi connectivity index (χ0v) is 15.9. The van der Waals surface area contributed by atoms with Gasteiger partial charge in [-0.2, -0.15) is 0 Å². The highest BCUT2D eigenvalue weighted by Gasteiger charge is 2.42. The molecular formula is C18H19Cl2F2N5. The van der Waals surface area contributed by atoms with Crippen molar-refractivity contribution in [3.8, 4) is 0 Å². The Balaban J connectivity index is 0.00000210. The average Bonchev–Trinajstić information content (AvgIpc) is 2.98. The molecule has 0 spiro atoms. The lowest BCUT2D eigenvalue weighted by Gasteiger charge is -2.37. The van der Waals surface area contributed by atoms with Gasteiger partial charge in [0.2, 0.25) is 5.95 Å². The number of aromatic nitrogens is 3. The molecule has 0 radical (unpaired) electrons. The third-order valence-corrected chi connectivity index (χ3v) is 4.92. The van der Waals surface area contributed by atoms with Gasteiger partial charge in [-0.1, -0.05) is 23.7 Å². The van der Waals surface area contributed by atoms with Crippen molar-refractivity contribution < 1.29 is 8.78 Å². The van der Waals surface area contributed by atoms with Crippen LogP contribution >= 0.6 is 24.0 Å². The highest BCUT2D eigenvalue weighted by molar-refractivity contribution is 6.30. The van der Waals surface area contributed by atoms with E-state index in [1.807, 2.05) is 39.8 Å². The monoisotopic (exact) mass is 413 g/mol. The number of halogens is 4. The summed E-state index contributed by atoms with van der Waals surface area (Å²) in [5, 5.41) is 0.564. The molecule has 2 N–H and O–H groups in total. The Morgan fingerprint density at radius 1 is 1.22 bits per heavy atom. The van der Waals surface area contributed by atoms with Crippen molar-refractivity contribution in [2.24, 2.45) is 5.73 Å². The molecule has 144 valence electrons. The second-order valence-electron chi connectivity index (χ2n) is 6.52. The number of benzene rings is 1. The summed E-state index contributed by atoms with van der Waals surface area (Å²) in [6.45, 7) is 0.734. The first-order valence-electron chi connectivity index (χ1n) is 8.38. The number of alkyl halides is 2. The zero-order valence-electron chi connectivity index (χ0n) is 14.4. The second kappa shape index (κ2) is 7.58. The first-order valence-corrected chi connectivity index (χ1v) is 8.76. The Kier molecular flexibility index (Phi) is 5.55. The highest BCUT2D eigenvalue weighted by Crippen LogP contribution is 2.31. The Hall–Kier alpha value is -1.96. The van der Waals surface area contributed by atoms with Crippen LogP contribution in [0.25, 0.3) is 11.0 Å². The van der Waals surface area contributed by atoms with Crippen molar-refractivity contribution in [2.75, 3.05) is 18.0 Å². The molecule has 3 aromatic rings. The van der Waals surface area contributed by atoms with Gasteiger partial charge in [-0.15, -0.1) is 12.4 Å². The summed E-state index contributed by atoms with van der Waals surface area (Å²) >= 11 is 5.91. The number of hydrogen-bond acceptors (Lipinski definition) is 4. The molecule has 1 aliphatic rings. The first-order chi connectivity index (χ1) is 12.4. The second-order valence-corrected chi connectivity index (χ2v) is 6.95. The van der Waals surface area contributed by atoms with Crippen LogP contribution in [0.3, 0.4) is 0 Å². The number of nitrogens with zero attached hydrogens (tertiary/aromatic N) is 4. The van der Waals surface area contributed by atoms with Gasteiger partial charge >= 0.3 is 0 Å². The van der Waals surface area contributed by atoms with Crippen LogP contribution in [0.5, 0.6) is 0 Å². The minimum atomic E-state index is -2.84. The number of imidazole rings is 1. The summed E-state index contributed by atoms with van der Waals surface area (Å²) in [6.07, 6.45) is 1.31. The maximum atomic E-state index is 13.8. The van der Waals surface area contributed by atoms with Crippen molar-refractivity contribution in [1.29, 1.82) is 0 Å². The smallest absolute Gasteiger partial charge is 0.266 e. The lowest BCUT2D eigenvalue weighted by atomic mass is 10.0. The predicted octanol–water partition coefficient (Wildman–Crippen LogP) is 3.73. The standard InChI is InChI=1S/C18H18ClF2N5.ClH/c19-12-5-6-13(23-9-12)10-26-15-4-2-1-3-14(15)24-17(26)25-8-7-18(20,21)16(22)11-25;/h1-6,9,16H,7-8,10-11,22H2;1H/t16-;/m1./s1. The number of para-hydroxylation sites is 2. The van der Waals surface area contributed by atoms with Gasteiger partial charge in [-0.25, -0.2) is 13.8 Å². The number of nitrogens with two attached hydrogens (primary N) is 1. The van der Waals surface area contributed by atoms with Gasteiger partial charge in [0.1, 0.15) is 0 Å². The fraction of sp³-hybridized carbons (Fsp3) is 0.333. The van der Waals surface area contributed by atoms with Gasteiger partial charge in [0.25, 0.3) is 5.92 Å². The van der Waals surface area contributed by atoms with E-state index in [-0.39, 0.29) is 31.9 Å². The normalized spacial score (nSPS) is 19.1. The van der Waals surface area contributed by atoms with Crippen molar-refractivity contribution in [1.82, 2.24) is 14.5 Å². The van der Waals surface area contributed by atoms with Crippen LogP contribution < -0.4 is 10.6 Å². The largest absolute Gasteiger partial charge is 0.340 e. The molecule has 27 heavy (non-hydrogen) atoms. The molecule has 0 aliphatic carbocycles. The molecular weight excluding hydrogens is 395 g/mol. The van der Waals surface area contributed by atoms with Crippen LogP contribution in [0.15, 0.2) is 42.6 Å². The Morgan fingerprint density at radius 3 is 2.70 bits per heavy atom. The quantitative estimate of drug-likeness (QED) is 0.710. The fourth-order valence-electron chi connectivity index (χ4n) is 3.24. The Labute approximate surface area is 166 Å². The third kappa shape index (κ3) is 3.85. The minimum absolute atomic E-state index is 0. The van der Waals surface area contributed by atoms with Crippen LogP contribution in [-0.4, -0.2) is 39.6 Å². The van der Waals surface area contributed by atoms with E-state index in [1.54, 1.807) is 12.3 Å². The molecule has 0 unspecified atom stereocenters. The number of piperidine rings is 1. The molecule has 5 nitrogen and oxygen atoms in total. The molecule has 1 aromatic carbocycles. The van der Waals surface area contributed by atoms with Gasteiger partial charge < -0.3 is 15.2 Å². The predicted molar refractivity (Wildman–Crippen MR) is 105 cm³/mol. The van der Waals surface area contributed by atoms with E-state index >= 15 is 0 Å². The Bertz CT molecular complexity index is 929. The topological polar surface area (TPSA) is 60.0 Å². The van der Waals surface area contributed by atoms with Gasteiger partial charge in [0.15, 0.2) is 0 Å². The SMILES string of the molecule is Cl.N[C@@H]1CN(c2nc3ccccc3n2Cc2ccc(Cl)cn2)CCC1(F)F. The number of fused-ring (bicyclic) bond motifs is 1. The highest BCUT2D eigenvalue weighted by atomic mass is 35.5. The van der Waals surface area contributed by atoms with E-state index in [0.29, 0.717) is 17.5 Å². The van der Waals surface area contributed by atoms with Crippen molar-refractivity contribution >= 4 is 41.0 Å². The number of rotatable bonds is 3. The summed E-state index contributed by atoms with van der Waals surface area (Å²) in [7, 11) is 0. The summed E-state index contributed by atoms with van der Waals surface area (Å²) in [4.78, 5) is 10.8. The molecule has 2 aromatic heterocycles. The van der Waals surface area contributed by atoms with Crippen LogP contribution in [0.1, 0.15) is 12.1 Å². The molecule has 1 fully saturated rings. The maximum absolute atomic E-state index is 13.8. The van der Waals surface area contributed by atoms with E-state index in [9.17, 15) is 8.78 Å². The van der Waals surface area contributed by atoms with Crippen LogP contribution in [-0.2, 0) is 6.54 Å². The fourth-order valence-corrected chi connectivity index (χ4v) is 3.35. The lowest BCUT2D eigenvalue weighted by molar-refractivity contribution is -0.0395. The summed E-state index contributed by atoms with van der Waals surface area (Å²) in [6, 6.07) is 10.1. The van der Waals surface area contributed by atoms with E-state index in [2.05, 4.69) is 9.97 Å². The van der Waals surface area contributed by atoms with Gasteiger partial charge in [-0.3, -0.25) is 4.98 Å². The minimum Gasteiger partial charge on any atom is -0.340 e. The first kappa shape index (κ1) is 19.8. The number of anilines is 1. The molecule has 3 heterocycles. The Morgan fingerprint density at radius 2 is 2.00 bits per heavy atom. The zero-order chi connectivity index (χ0) is 18.3. The molecule has 0 bridgehead atoms. The third-order valence-electron chi connectivity index (χ3n) is 4.70. The molecule has 0 saturated carbocycles. The number of pyridine rings is 1. The van der Waals surface area contributed by atoms with Gasteiger partial charge in [0, 0.05) is 25.7 Å². The van der Waals surface area contributed by atoms with E-state index in [1.165, 1.54) is 0 Å². The van der Waals surface area contributed by atoms with E-state index < -0.39 is 12.0 Å². The average molecular weight is 414 g/mol. The van der Waals surface area contributed by atoms with Crippen LogP contribution in [0.2, 0.25) is 5.02 Å². The molecule has 9 heteroatoms. The summed E-state index contributed by atoms with van der Waals surface area (Å²) in [5.41, 5.74) is 8.24. The van der Waals surface area contributed by atoms with Gasteiger partial charge in [0.05, 0.1) is 34.3 Å². The van der Waals surface area contributed by atoms with Crippen LogP contribution in [0.4, 0.5) is 14.7 Å². The van der Waals surface area contributed by atoms with Gasteiger partial charge in [-0.05, 0) is 24.3 Å². The molecule has 1 atom stereocenters. The van der Waals surface area contributed by atoms with Crippen molar-refractivity contribution in [3.63, 3.8) is 0 Å². The number of hydrogen-bond donors (Lipinski definition) is 1. The summed E-state index contributed by atoms with van der Waals surface area (Å²) in [5.74, 6) is -2.21. The molecule has 1 saturated heterocycles. The molecule has 1 aliphatic heterocycles. The lowest BCUT2D eigenvalue weighted by Crippen LogP contribution is -2.55. The van der Waals surface area contributed by atoms with Crippen molar-refractivity contribution in [3.05, 3.63) is 53.3 Å². The summed E-state index contributed by atoms with van der Waals surface area (Å²) < 4.78 is 29.5. The maximum Gasteiger partial charge on any atom is 0.266 e. The van der Waals surface area contributed by atoms with E-state index in [4.69, 9.17) is 17.3 Å². The molecule has 0 amide bonds. The van der Waals surface area contributed by atoms with Crippen molar-refractivity contribution in [2.45, 2.75) is 24.9 Å².